The third kappa shape index (κ3) is 1.75. The molecule has 0 atom stereocenters. The van der Waals surface area contributed by atoms with Crippen molar-refractivity contribution >= 4 is 27.7 Å². The van der Waals surface area contributed by atoms with Gasteiger partial charge in [-0.3, -0.25) is 4.40 Å². The molecule has 5 rings (SSSR count). The van der Waals surface area contributed by atoms with Gasteiger partial charge in [-0.2, -0.15) is 0 Å². The van der Waals surface area contributed by atoms with Crippen LogP contribution >= 0.6 is 0 Å². The van der Waals surface area contributed by atoms with E-state index in [9.17, 15) is 0 Å². The molecule has 3 aromatic heterocycles. The van der Waals surface area contributed by atoms with Crippen molar-refractivity contribution in [1.82, 2.24) is 19.4 Å². The molecule has 3 heterocycles. The Balaban J connectivity index is 2.06. The third-order valence-electron chi connectivity index (χ3n) is 4.04. The van der Waals surface area contributed by atoms with Crippen molar-refractivity contribution in [2.45, 2.75) is 0 Å². The normalized spacial score (nSPS) is 11.5. The van der Waals surface area contributed by atoms with Crippen LogP contribution in [-0.2, 0) is 0 Å². The lowest BCUT2D eigenvalue weighted by atomic mass is 10.2. The van der Waals surface area contributed by atoms with Gasteiger partial charge in [0.25, 0.3) is 0 Å². The standard InChI is InChI=1S/C19H12N4/c1-2-7-13(8-3-1)18-22-17-14(9-6-12-20-17)19-21-15-10-4-5-11-16(15)23(18)19/h1-12H. The molecular formula is C19H12N4. The van der Waals surface area contributed by atoms with E-state index in [0.29, 0.717) is 5.65 Å². The Labute approximate surface area is 132 Å². The number of benzene rings is 2. The van der Waals surface area contributed by atoms with Gasteiger partial charge in [0.05, 0.1) is 16.4 Å². The fraction of sp³-hybridized carbons (Fsp3) is 0. The molecule has 0 amide bonds. The Morgan fingerprint density at radius 3 is 2.48 bits per heavy atom. The Morgan fingerprint density at radius 1 is 0.739 bits per heavy atom. The zero-order valence-electron chi connectivity index (χ0n) is 12.2. The Hall–Kier alpha value is -3.27. The van der Waals surface area contributed by atoms with Crippen molar-refractivity contribution in [3.8, 4) is 11.4 Å². The van der Waals surface area contributed by atoms with Gasteiger partial charge in [-0.25, -0.2) is 15.0 Å². The molecule has 2 aromatic carbocycles. The van der Waals surface area contributed by atoms with Gasteiger partial charge in [-0.05, 0) is 24.3 Å². The zero-order valence-corrected chi connectivity index (χ0v) is 12.2. The molecule has 0 aliphatic carbocycles. The molecule has 108 valence electrons. The van der Waals surface area contributed by atoms with Crippen LogP contribution in [0.5, 0.6) is 0 Å². The maximum atomic E-state index is 4.81. The molecule has 0 aliphatic rings. The van der Waals surface area contributed by atoms with Crippen LogP contribution in [0, 0.1) is 0 Å². The Bertz CT molecular complexity index is 1160. The molecular weight excluding hydrogens is 284 g/mol. The molecule has 5 aromatic rings. The van der Waals surface area contributed by atoms with Crippen molar-refractivity contribution in [3.63, 3.8) is 0 Å². The van der Waals surface area contributed by atoms with E-state index < -0.39 is 0 Å². The van der Waals surface area contributed by atoms with E-state index in [4.69, 9.17) is 9.97 Å². The van der Waals surface area contributed by atoms with Crippen LogP contribution in [0.4, 0.5) is 0 Å². The highest BCUT2D eigenvalue weighted by molar-refractivity contribution is 5.96. The molecule has 0 aliphatic heterocycles. The highest BCUT2D eigenvalue weighted by Gasteiger charge is 2.14. The summed E-state index contributed by atoms with van der Waals surface area (Å²) in [5.74, 6) is 0.862. The first-order valence-corrected chi connectivity index (χ1v) is 7.49. The summed E-state index contributed by atoms with van der Waals surface area (Å²) in [6.07, 6.45) is 1.77. The van der Waals surface area contributed by atoms with Gasteiger partial charge >= 0.3 is 0 Å². The smallest absolute Gasteiger partial charge is 0.165 e. The number of fused-ring (bicyclic) bond motifs is 5. The summed E-state index contributed by atoms with van der Waals surface area (Å²) in [6, 6.07) is 22.2. The predicted octanol–water partition coefficient (Wildman–Crippen LogP) is 4.10. The highest BCUT2D eigenvalue weighted by Crippen LogP contribution is 2.28. The van der Waals surface area contributed by atoms with Crippen molar-refractivity contribution in [3.05, 3.63) is 72.9 Å². The molecule has 0 saturated heterocycles. The van der Waals surface area contributed by atoms with Crippen LogP contribution in [0.15, 0.2) is 72.9 Å². The summed E-state index contributed by atoms with van der Waals surface area (Å²) in [5, 5.41) is 0.961. The third-order valence-corrected chi connectivity index (χ3v) is 4.04. The van der Waals surface area contributed by atoms with E-state index in [1.54, 1.807) is 6.20 Å². The van der Waals surface area contributed by atoms with Gasteiger partial charge in [0.15, 0.2) is 11.3 Å². The number of aromatic nitrogens is 4. The van der Waals surface area contributed by atoms with Gasteiger partial charge in [-0.15, -0.1) is 0 Å². The Morgan fingerprint density at radius 2 is 1.57 bits per heavy atom. The molecule has 0 N–H and O–H groups in total. The van der Waals surface area contributed by atoms with Crippen molar-refractivity contribution in [2.24, 2.45) is 0 Å². The van der Waals surface area contributed by atoms with Gasteiger partial charge in [0.1, 0.15) is 5.82 Å². The van der Waals surface area contributed by atoms with Crippen LogP contribution in [-0.4, -0.2) is 19.4 Å². The second kappa shape index (κ2) is 4.61. The average Bonchev–Trinajstić information content (AvgIpc) is 3.02. The van der Waals surface area contributed by atoms with E-state index in [-0.39, 0.29) is 0 Å². The monoisotopic (exact) mass is 296 g/mol. The summed E-state index contributed by atoms with van der Waals surface area (Å²) in [6.45, 7) is 0. The largest absolute Gasteiger partial charge is 0.276 e. The first-order valence-electron chi connectivity index (χ1n) is 7.49. The van der Waals surface area contributed by atoms with Crippen LogP contribution < -0.4 is 0 Å². The average molecular weight is 296 g/mol. The number of nitrogens with zero attached hydrogens (tertiary/aromatic N) is 4. The molecule has 23 heavy (non-hydrogen) atoms. The molecule has 0 saturated carbocycles. The summed E-state index contributed by atoms with van der Waals surface area (Å²) >= 11 is 0. The molecule has 0 spiro atoms. The Kier molecular flexibility index (Phi) is 2.46. The molecule has 4 heteroatoms. The summed E-state index contributed by atoms with van der Waals surface area (Å²) in [5.41, 5.74) is 4.67. The number of rotatable bonds is 1. The fourth-order valence-electron chi connectivity index (χ4n) is 3.01. The minimum Gasteiger partial charge on any atom is -0.276 e. The maximum Gasteiger partial charge on any atom is 0.165 e. The first-order chi connectivity index (χ1) is 11.4. The van der Waals surface area contributed by atoms with E-state index in [0.717, 1.165) is 33.5 Å². The number of hydrogen-bond donors (Lipinski definition) is 0. The van der Waals surface area contributed by atoms with Gasteiger partial charge < -0.3 is 0 Å². The van der Waals surface area contributed by atoms with Gasteiger partial charge in [-0.1, -0.05) is 42.5 Å². The lowest BCUT2D eigenvalue weighted by Crippen LogP contribution is -1.98. The quantitative estimate of drug-likeness (QED) is 0.468. The van der Waals surface area contributed by atoms with Crippen molar-refractivity contribution in [1.29, 1.82) is 0 Å². The van der Waals surface area contributed by atoms with E-state index in [1.807, 2.05) is 48.5 Å². The number of imidazole rings is 1. The van der Waals surface area contributed by atoms with Gasteiger partial charge in [0.2, 0.25) is 0 Å². The molecule has 0 fully saturated rings. The van der Waals surface area contributed by atoms with E-state index in [2.05, 4.69) is 27.6 Å². The first kappa shape index (κ1) is 12.3. The van der Waals surface area contributed by atoms with E-state index >= 15 is 0 Å². The van der Waals surface area contributed by atoms with Gasteiger partial charge in [0, 0.05) is 11.8 Å². The van der Waals surface area contributed by atoms with Crippen molar-refractivity contribution in [2.75, 3.05) is 0 Å². The van der Waals surface area contributed by atoms with Crippen LogP contribution in [0.25, 0.3) is 39.1 Å². The lowest BCUT2D eigenvalue weighted by Gasteiger charge is -2.08. The second-order valence-electron chi connectivity index (χ2n) is 5.44. The molecule has 0 unspecified atom stereocenters. The van der Waals surface area contributed by atoms with Crippen LogP contribution in [0.1, 0.15) is 0 Å². The maximum absolute atomic E-state index is 4.81. The summed E-state index contributed by atoms with van der Waals surface area (Å²) in [4.78, 5) is 14.0. The summed E-state index contributed by atoms with van der Waals surface area (Å²) in [7, 11) is 0. The fourth-order valence-corrected chi connectivity index (χ4v) is 3.01. The van der Waals surface area contributed by atoms with Crippen LogP contribution in [0.3, 0.4) is 0 Å². The van der Waals surface area contributed by atoms with Crippen LogP contribution in [0.2, 0.25) is 0 Å². The molecule has 0 radical (unpaired) electrons. The molecule has 4 nitrogen and oxygen atoms in total. The second-order valence-corrected chi connectivity index (χ2v) is 5.44. The lowest BCUT2D eigenvalue weighted by molar-refractivity contribution is 1.14. The number of pyridine rings is 1. The van der Waals surface area contributed by atoms with E-state index in [1.165, 1.54) is 0 Å². The minimum absolute atomic E-state index is 0.717. The minimum atomic E-state index is 0.717. The summed E-state index contributed by atoms with van der Waals surface area (Å²) < 4.78 is 2.12. The highest BCUT2D eigenvalue weighted by atomic mass is 15.1. The number of hydrogen-bond acceptors (Lipinski definition) is 3. The topological polar surface area (TPSA) is 43.1 Å². The zero-order chi connectivity index (χ0) is 15.2. The van der Waals surface area contributed by atoms with Crippen molar-refractivity contribution < 1.29 is 0 Å². The molecule has 0 bridgehead atoms. The number of para-hydroxylation sites is 2. The predicted molar refractivity (Wildman–Crippen MR) is 91.2 cm³/mol. The SMILES string of the molecule is c1ccc(-c2nc3ncccc3c3nc4ccccc4n23)cc1.